The Balaban J connectivity index is 2.39. The molecule has 0 aromatic heterocycles. The molecule has 0 saturated carbocycles. The van der Waals surface area contributed by atoms with Gasteiger partial charge in [0.15, 0.2) is 0 Å². The average Bonchev–Trinajstić information content (AvgIpc) is 2.35. The topological polar surface area (TPSA) is 84.2 Å². The number of nitrogens with two attached hydrogens (primary N) is 1. The van der Waals surface area contributed by atoms with Crippen LogP contribution in [0.25, 0.3) is 6.08 Å². The van der Waals surface area contributed by atoms with E-state index in [0.29, 0.717) is 5.69 Å². The van der Waals surface area contributed by atoms with Gasteiger partial charge in [-0.1, -0.05) is 12.1 Å². The van der Waals surface area contributed by atoms with Crippen molar-refractivity contribution in [3.63, 3.8) is 0 Å². The van der Waals surface area contributed by atoms with E-state index in [2.05, 4.69) is 10.6 Å². The standard InChI is InChI=1S/C14H19N3O2/c1-10(2)17-14(19)9-16-13(18)8-5-11-3-6-12(15)7-4-11/h3-8,10H,9,15H2,1-2H3,(H,16,18)(H,17,19)/b8-5+. The highest BCUT2D eigenvalue weighted by molar-refractivity contribution is 5.94. The number of nitrogens with one attached hydrogen (secondary N) is 2. The molecule has 4 N–H and O–H groups in total. The van der Waals surface area contributed by atoms with Crippen LogP contribution in [0.3, 0.4) is 0 Å². The average molecular weight is 261 g/mol. The van der Waals surface area contributed by atoms with Gasteiger partial charge in [-0.15, -0.1) is 0 Å². The van der Waals surface area contributed by atoms with Crippen molar-refractivity contribution in [2.45, 2.75) is 19.9 Å². The van der Waals surface area contributed by atoms with Crippen molar-refractivity contribution in [2.24, 2.45) is 0 Å². The van der Waals surface area contributed by atoms with E-state index < -0.39 is 0 Å². The number of amides is 2. The van der Waals surface area contributed by atoms with E-state index in [0.717, 1.165) is 5.56 Å². The second-order valence-corrected chi connectivity index (χ2v) is 4.44. The summed E-state index contributed by atoms with van der Waals surface area (Å²) < 4.78 is 0. The van der Waals surface area contributed by atoms with Gasteiger partial charge in [0.25, 0.3) is 0 Å². The molecule has 2 amide bonds. The highest BCUT2D eigenvalue weighted by atomic mass is 16.2. The van der Waals surface area contributed by atoms with Crippen molar-refractivity contribution in [3.05, 3.63) is 35.9 Å². The molecule has 0 fully saturated rings. The molecule has 0 spiro atoms. The van der Waals surface area contributed by atoms with E-state index >= 15 is 0 Å². The largest absolute Gasteiger partial charge is 0.399 e. The Bertz CT molecular complexity index is 464. The minimum atomic E-state index is -0.310. The maximum absolute atomic E-state index is 11.5. The number of nitrogen functional groups attached to an aromatic ring is 1. The van der Waals surface area contributed by atoms with E-state index in [9.17, 15) is 9.59 Å². The third-order valence-corrected chi connectivity index (χ3v) is 2.24. The fourth-order valence-electron chi connectivity index (χ4n) is 1.38. The zero-order valence-electron chi connectivity index (χ0n) is 11.1. The summed E-state index contributed by atoms with van der Waals surface area (Å²) in [5.41, 5.74) is 7.10. The number of hydrogen-bond acceptors (Lipinski definition) is 3. The summed E-state index contributed by atoms with van der Waals surface area (Å²) in [5.74, 6) is -0.514. The van der Waals surface area contributed by atoms with Crippen molar-refractivity contribution >= 4 is 23.6 Å². The summed E-state index contributed by atoms with van der Waals surface area (Å²) in [6.45, 7) is 3.70. The predicted molar refractivity (Wildman–Crippen MR) is 76.2 cm³/mol. The van der Waals surface area contributed by atoms with Crippen LogP contribution in [0.4, 0.5) is 5.69 Å². The number of carbonyl (C=O) groups is 2. The quantitative estimate of drug-likeness (QED) is 0.544. The smallest absolute Gasteiger partial charge is 0.244 e. The van der Waals surface area contributed by atoms with Gasteiger partial charge in [0.2, 0.25) is 11.8 Å². The Labute approximate surface area is 112 Å². The SMILES string of the molecule is CC(C)NC(=O)CNC(=O)/C=C/c1ccc(N)cc1. The predicted octanol–water partition coefficient (Wildman–Crippen LogP) is 0.923. The number of rotatable bonds is 5. The molecule has 1 aromatic carbocycles. The number of benzene rings is 1. The molecule has 0 saturated heterocycles. The van der Waals surface area contributed by atoms with Crippen molar-refractivity contribution < 1.29 is 9.59 Å². The van der Waals surface area contributed by atoms with Gasteiger partial charge >= 0.3 is 0 Å². The minimum absolute atomic E-state index is 0.0247. The Morgan fingerprint density at radius 1 is 1.26 bits per heavy atom. The number of hydrogen-bond donors (Lipinski definition) is 3. The molecule has 1 aromatic rings. The molecule has 0 aliphatic rings. The van der Waals surface area contributed by atoms with Crippen LogP contribution in [-0.4, -0.2) is 24.4 Å². The van der Waals surface area contributed by atoms with E-state index in [1.807, 2.05) is 26.0 Å². The zero-order chi connectivity index (χ0) is 14.3. The molecule has 0 aliphatic heterocycles. The van der Waals surface area contributed by atoms with E-state index in [-0.39, 0.29) is 24.4 Å². The fraction of sp³-hybridized carbons (Fsp3) is 0.286. The Morgan fingerprint density at radius 2 is 1.89 bits per heavy atom. The first-order valence-corrected chi connectivity index (χ1v) is 6.08. The van der Waals surface area contributed by atoms with Gasteiger partial charge in [-0.25, -0.2) is 0 Å². The number of carbonyl (C=O) groups excluding carboxylic acids is 2. The normalized spacial score (nSPS) is 10.7. The summed E-state index contributed by atoms with van der Waals surface area (Å²) in [6, 6.07) is 7.20. The molecule has 1 rings (SSSR count). The van der Waals surface area contributed by atoms with Crippen LogP contribution in [0, 0.1) is 0 Å². The lowest BCUT2D eigenvalue weighted by Crippen LogP contribution is -2.39. The summed E-state index contributed by atoms with van der Waals surface area (Å²) in [4.78, 5) is 22.8. The molecule has 0 atom stereocenters. The third-order valence-electron chi connectivity index (χ3n) is 2.24. The van der Waals surface area contributed by atoms with Crippen molar-refractivity contribution in [3.8, 4) is 0 Å². The minimum Gasteiger partial charge on any atom is -0.399 e. The maximum Gasteiger partial charge on any atom is 0.244 e. The lowest BCUT2D eigenvalue weighted by atomic mass is 10.2. The second kappa shape index (κ2) is 7.20. The van der Waals surface area contributed by atoms with Gasteiger partial charge in [0.1, 0.15) is 0 Å². The summed E-state index contributed by atoms with van der Waals surface area (Å²) in [5, 5.41) is 5.19. The van der Waals surface area contributed by atoms with Crippen LogP contribution in [0.1, 0.15) is 19.4 Å². The molecule has 0 unspecified atom stereocenters. The Morgan fingerprint density at radius 3 is 2.47 bits per heavy atom. The molecule has 0 radical (unpaired) electrons. The highest BCUT2D eigenvalue weighted by Gasteiger charge is 2.03. The van der Waals surface area contributed by atoms with Gasteiger partial charge in [0, 0.05) is 17.8 Å². The van der Waals surface area contributed by atoms with E-state index in [4.69, 9.17) is 5.73 Å². The van der Waals surface area contributed by atoms with Crippen LogP contribution in [0.15, 0.2) is 30.3 Å². The fourth-order valence-corrected chi connectivity index (χ4v) is 1.38. The third kappa shape index (κ3) is 6.26. The summed E-state index contributed by atoms with van der Waals surface area (Å²) >= 11 is 0. The molecule has 0 bridgehead atoms. The molecular formula is C14H19N3O2. The monoisotopic (exact) mass is 261 g/mol. The van der Waals surface area contributed by atoms with Crippen LogP contribution in [0.5, 0.6) is 0 Å². The van der Waals surface area contributed by atoms with Gasteiger partial charge < -0.3 is 16.4 Å². The van der Waals surface area contributed by atoms with Crippen molar-refractivity contribution in [1.29, 1.82) is 0 Å². The van der Waals surface area contributed by atoms with Crippen LogP contribution in [-0.2, 0) is 9.59 Å². The van der Waals surface area contributed by atoms with E-state index in [1.54, 1.807) is 18.2 Å². The molecule has 5 heteroatoms. The molecule has 102 valence electrons. The first kappa shape index (κ1) is 14.8. The van der Waals surface area contributed by atoms with Gasteiger partial charge in [-0.2, -0.15) is 0 Å². The van der Waals surface area contributed by atoms with Gasteiger partial charge in [-0.05, 0) is 37.6 Å². The Kier molecular flexibility index (Phi) is 5.60. The van der Waals surface area contributed by atoms with E-state index in [1.165, 1.54) is 6.08 Å². The zero-order valence-corrected chi connectivity index (χ0v) is 11.1. The summed E-state index contributed by atoms with van der Waals surface area (Å²) in [7, 11) is 0. The van der Waals surface area contributed by atoms with Gasteiger partial charge in [-0.3, -0.25) is 9.59 Å². The second-order valence-electron chi connectivity index (χ2n) is 4.44. The summed E-state index contributed by atoms with van der Waals surface area (Å²) in [6.07, 6.45) is 3.04. The van der Waals surface area contributed by atoms with Crippen LogP contribution < -0.4 is 16.4 Å². The highest BCUT2D eigenvalue weighted by Crippen LogP contribution is 2.06. The van der Waals surface area contributed by atoms with Crippen LogP contribution >= 0.6 is 0 Å². The van der Waals surface area contributed by atoms with Gasteiger partial charge in [0.05, 0.1) is 6.54 Å². The number of anilines is 1. The Hall–Kier alpha value is -2.30. The molecule has 0 heterocycles. The van der Waals surface area contributed by atoms with Crippen molar-refractivity contribution in [2.75, 3.05) is 12.3 Å². The first-order chi connectivity index (χ1) is 8.97. The molecular weight excluding hydrogens is 242 g/mol. The van der Waals surface area contributed by atoms with Crippen molar-refractivity contribution in [1.82, 2.24) is 10.6 Å². The molecule has 0 aliphatic carbocycles. The molecule has 19 heavy (non-hydrogen) atoms. The molecule has 5 nitrogen and oxygen atoms in total. The lowest BCUT2D eigenvalue weighted by Gasteiger charge is -2.08. The maximum atomic E-state index is 11.5. The van der Waals surface area contributed by atoms with Crippen LogP contribution in [0.2, 0.25) is 0 Å². The lowest BCUT2D eigenvalue weighted by molar-refractivity contribution is -0.124. The first-order valence-electron chi connectivity index (χ1n) is 6.08.